The van der Waals surface area contributed by atoms with E-state index < -0.39 is 0 Å². The topological polar surface area (TPSA) is 45.5 Å². The van der Waals surface area contributed by atoms with Crippen LogP contribution in [-0.4, -0.2) is 9.78 Å². The smallest absolute Gasteiger partial charge is 0.117 e. The summed E-state index contributed by atoms with van der Waals surface area (Å²) < 4.78 is 1.95. The van der Waals surface area contributed by atoms with Gasteiger partial charge in [-0.2, -0.15) is 5.10 Å². The standard InChI is InChI=1S/C6H11N3/c1-2-9-6(5-7)3-4-8-9/h3-4H,2,5,7H2,1H3/p+1. The summed E-state index contributed by atoms with van der Waals surface area (Å²) >= 11 is 0. The van der Waals surface area contributed by atoms with Crippen molar-refractivity contribution in [3.05, 3.63) is 18.0 Å². The number of quaternary nitrogens is 1. The van der Waals surface area contributed by atoms with Crippen molar-refractivity contribution in [2.45, 2.75) is 20.0 Å². The summed E-state index contributed by atoms with van der Waals surface area (Å²) in [5.74, 6) is 0. The predicted molar refractivity (Wildman–Crippen MR) is 34.5 cm³/mol. The fourth-order valence-corrected chi connectivity index (χ4v) is 0.857. The van der Waals surface area contributed by atoms with E-state index in [4.69, 9.17) is 0 Å². The highest BCUT2D eigenvalue weighted by Gasteiger charge is 1.96. The first-order chi connectivity index (χ1) is 4.38. The van der Waals surface area contributed by atoms with E-state index in [-0.39, 0.29) is 0 Å². The monoisotopic (exact) mass is 126 g/mol. The molecule has 0 aromatic carbocycles. The van der Waals surface area contributed by atoms with Gasteiger partial charge in [-0.15, -0.1) is 0 Å². The maximum absolute atomic E-state index is 4.08. The van der Waals surface area contributed by atoms with Crippen LogP contribution in [0.25, 0.3) is 0 Å². The van der Waals surface area contributed by atoms with E-state index in [1.54, 1.807) is 0 Å². The molecule has 0 saturated carbocycles. The SMILES string of the molecule is CCn1nccc1C[NH3+]. The number of hydrogen-bond acceptors (Lipinski definition) is 1. The van der Waals surface area contributed by atoms with Gasteiger partial charge in [-0.25, -0.2) is 0 Å². The molecule has 3 N–H and O–H groups in total. The van der Waals surface area contributed by atoms with Gasteiger partial charge >= 0.3 is 0 Å². The molecule has 1 aromatic heterocycles. The van der Waals surface area contributed by atoms with Gasteiger partial charge in [-0.05, 0) is 13.0 Å². The first-order valence-electron chi connectivity index (χ1n) is 3.18. The molecule has 0 aliphatic carbocycles. The lowest BCUT2D eigenvalue weighted by Gasteiger charge is -1.96. The van der Waals surface area contributed by atoms with Gasteiger partial charge in [0.1, 0.15) is 6.54 Å². The van der Waals surface area contributed by atoms with Crippen molar-refractivity contribution in [2.24, 2.45) is 0 Å². The highest BCUT2D eigenvalue weighted by molar-refractivity contribution is 4.97. The van der Waals surface area contributed by atoms with Crippen molar-refractivity contribution >= 4 is 0 Å². The highest BCUT2D eigenvalue weighted by Crippen LogP contribution is 1.94. The molecule has 0 spiro atoms. The lowest BCUT2D eigenvalue weighted by molar-refractivity contribution is -0.388. The fraction of sp³-hybridized carbons (Fsp3) is 0.500. The summed E-state index contributed by atoms with van der Waals surface area (Å²) in [6.07, 6.45) is 1.81. The van der Waals surface area contributed by atoms with Crippen LogP contribution in [0.15, 0.2) is 12.3 Å². The van der Waals surface area contributed by atoms with E-state index in [0.717, 1.165) is 13.1 Å². The van der Waals surface area contributed by atoms with E-state index in [1.165, 1.54) is 5.69 Å². The van der Waals surface area contributed by atoms with Gasteiger partial charge in [0, 0.05) is 12.7 Å². The average Bonchev–Trinajstić information content (AvgIpc) is 2.33. The Morgan fingerprint density at radius 2 is 2.56 bits per heavy atom. The maximum atomic E-state index is 4.08. The molecule has 0 atom stereocenters. The number of aryl methyl sites for hydroxylation is 1. The summed E-state index contributed by atoms with van der Waals surface area (Å²) in [4.78, 5) is 0. The summed E-state index contributed by atoms with van der Waals surface area (Å²) in [5.41, 5.74) is 4.98. The molecular weight excluding hydrogens is 114 g/mol. The van der Waals surface area contributed by atoms with Crippen LogP contribution in [0.3, 0.4) is 0 Å². The van der Waals surface area contributed by atoms with E-state index in [2.05, 4.69) is 17.8 Å². The van der Waals surface area contributed by atoms with Crippen LogP contribution in [0.5, 0.6) is 0 Å². The first-order valence-corrected chi connectivity index (χ1v) is 3.18. The minimum Gasteiger partial charge on any atom is -0.353 e. The van der Waals surface area contributed by atoms with Gasteiger partial charge in [0.25, 0.3) is 0 Å². The summed E-state index contributed by atoms with van der Waals surface area (Å²) in [6.45, 7) is 3.85. The Bertz CT molecular complexity index is 162. The minimum atomic E-state index is 0.827. The molecule has 9 heavy (non-hydrogen) atoms. The van der Waals surface area contributed by atoms with Crippen LogP contribution in [0.1, 0.15) is 12.6 Å². The zero-order chi connectivity index (χ0) is 6.69. The Hall–Kier alpha value is -0.830. The average molecular weight is 126 g/mol. The summed E-state index contributed by atoms with van der Waals surface area (Å²) in [6, 6.07) is 2.00. The Balaban J connectivity index is 2.85. The molecule has 3 heteroatoms. The molecule has 1 aromatic rings. The van der Waals surface area contributed by atoms with Crippen LogP contribution in [-0.2, 0) is 13.1 Å². The zero-order valence-electron chi connectivity index (χ0n) is 5.67. The van der Waals surface area contributed by atoms with Crippen molar-refractivity contribution in [3.63, 3.8) is 0 Å². The lowest BCUT2D eigenvalue weighted by atomic mass is 10.4. The normalized spacial score (nSPS) is 10.0. The molecule has 0 fully saturated rings. The van der Waals surface area contributed by atoms with Gasteiger partial charge in [0.2, 0.25) is 0 Å². The van der Waals surface area contributed by atoms with Crippen LogP contribution in [0.2, 0.25) is 0 Å². The van der Waals surface area contributed by atoms with Gasteiger partial charge in [0.05, 0.1) is 5.69 Å². The van der Waals surface area contributed by atoms with Crippen molar-refractivity contribution < 1.29 is 5.73 Å². The second-order valence-corrected chi connectivity index (χ2v) is 1.89. The van der Waals surface area contributed by atoms with Gasteiger partial charge in [-0.1, -0.05) is 0 Å². The highest BCUT2D eigenvalue weighted by atomic mass is 15.3. The molecule has 0 aliphatic heterocycles. The molecule has 0 unspecified atom stereocenters. The van der Waals surface area contributed by atoms with Crippen molar-refractivity contribution in [1.29, 1.82) is 0 Å². The second-order valence-electron chi connectivity index (χ2n) is 1.89. The van der Waals surface area contributed by atoms with Crippen molar-refractivity contribution in [3.8, 4) is 0 Å². The largest absolute Gasteiger partial charge is 0.353 e. The Kier molecular flexibility index (Phi) is 1.85. The molecular formula is C6H12N3+. The molecule has 0 saturated heterocycles. The van der Waals surface area contributed by atoms with Crippen molar-refractivity contribution in [2.75, 3.05) is 0 Å². The second kappa shape index (κ2) is 2.64. The van der Waals surface area contributed by atoms with Crippen molar-refractivity contribution in [1.82, 2.24) is 9.78 Å². The third-order valence-corrected chi connectivity index (χ3v) is 1.36. The van der Waals surface area contributed by atoms with Crippen LogP contribution >= 0.6 is 0 Å². The number of nitrogens with zero attached hydrogens (tertiary/aromatic N) is 2. The quantitative estimate of drug-likeness (QED) is 0.578. The molecule has 50 valence electrons. The van der Waals surface area contributed by atoms with Crippen LogP contribution in [0.4, 0.5) is 0 Å². The third kappa shape index (κ3) is 1.10. The molecule has 0 aliphatic rings. The van der Waals surface area contributed by atoms with E-state index in [9.17, 15) is 0 Å². The van der Waals surface area contributed by atoms with E-state index in [0.29, 0.717) is 0 Å². The molecule has 1 heterocycles. The Morgan fingerprint density at radius 3 is 3.00 bits per heavy atom. The maximum Gasteiger partial charge on any atom is 0.117 e. The molecule has 0 amide bonds. The summed E-state index contributed by atoms with van der Waals surface area (Å²) in [7, 11) is 0. The molecule has 3 nitrogen and oxygen atoms in total. The van der Waals surface area contributed by atoms with Crippen LogP contribution in [0, 0.1) is 0 Å². The number of hydrogen-bond donors (Lipinski definition) is 1. The lowest BCUT2D eigenvalue weighted by Crippen LogP contribution is -2.48. The van der Waals surface area contributed by atoms with E-state index >= 15 is 0 Å². The minimum absolute atomic E-state index is 0.827. The number of rotatable bonds is 2. The number of aromatic nitrogens is 2. The summed E-state index contributed by atoms with van der Waals surface area (Å²) in [5, 5.41) is 4.08. The van der Waals surface area contributed by atoms with Gasteiger partial charge in [0.15, 0.2) is 0 Å². The van der Waals surface area contributed by atoms with E-state index in [1.807, 2.05) is 16.9 Å². The zero-order valence-corrected chi connectivity index (χ0v) is 5.67. The Morgan fingerprint density at radius 1 is 1.78 bits per heavy atom. The molecule has 1 rings (SSSR count). The fourth-order valence-electron chi connectivity index (χ4n) is 0.857. The molecule has 0 radical (unpaired) electrons. The third-order valence-electron chi connectivity index (χ3n) is 1.36. The van der Waals surface area contributed by atoms with Gasteiger partial charge < -0.3 is 5.73 Å². The van der Waals surface area contributed by atoms with Crippen LogP contribution < -0.4 is 5.73 Å². The first kappa shape index (κ1) is 6.29. The Labute approximate surface area is 54.5 Å². The predicted octanol–water partition coefficient (Wildman–Crippen LogP) is -0.355. The molecule has 0 bridgehead atoms. The van der Waals surface area contributed by atoms with Gasteiger partial charge in [-0.3, -0.25) is 4.68 Å².